The third kappa shape index (κ3) is 8.41. The van der Waals surface area contributed by atoms with E-state index in [0.29, 0.717) is 26.1 Å². The molecule has 0 saturated carbocycles. The van der Waals surface area contributed by atoms with Gasteiger partial charge >= 0.3 is 6.09 Å². The summed E-state index contributed by atoms with van der Waals surface area (Å²) in [5, 5.41) is 9.04. The summed E-state index contributed by atoms with van der Waals surface area (Å²) in [5.74, 6) is 0.719. The van der Waals surface area contributed by atoms with Crippen LogP contribution in [0.25, 0.3) is 0 Å². The first-order valence-electron chi connectivity index (χ1n) is 10.0. The predicted molar refractivity (Wildman–Crippen MR) is 114 cm³/mol. The molecule has 1 saturated heterocycles. The maximum atomic E-state index is 12.0. The zero-order chi connectivity index (χ0) is 21.3. The van der Waals surface area contributed by atoms with Crippen molar-refractivity contribution in [2.24, 2.45) is 4.99 Å². The van der Waals surface area contributed by atoms with Crippen molar-refractivity contribution in [3.8, 4) is 0 Å². The standard InChI is InChI=1S/C21H33N5O3/c1-21(2,3)29-20(28)25-17-11-13-26(15-17)19(22-4)23-12-10-18(27)24-14-16-8-6-5-7-9-16/h5-9,17H,10-15H2,1-4H3,(H,22,23)(H,24,27)(H,25,28). The molecular formula is C21H33N5O3. The number of guanidine groups is 1. The molecule has 1 aliphatic rings. The fraction of sp³-hybridized carbons (Fsp3) is 0.571. The highest BCUT2D eigenvalue weighted by Gasteiger charge is 2.27. The minimum atomic E-state index is -0.513. The maximum absolute atomic E-state index is 12.0. The summed E-state index contributed by atoms with van der Waals surface area (Å²) in [6, 6.07) is 9.83. The van der Waals surface area contributed by atoms with Gasteiger partial charge in [-0.1, -0.05) is 30.3 Å². The van der Waals surface area contributed by atoms with Gasteiger partial charge < -0.3 is 25.6 Å². The Bertz CT molecular complexity index is 700. The van der Waals surface area contributed by atoms with Crippen molar-refractivity contribution in [3.05, 3.63) is 35.9 Å². The zero-order valence-electron chi connectivity index (χ0n) is 17.8. The monoisotopic (exact) mass is 403 g/mol. The number of rotatable bonds is 6. The van der Waals surface area contributed by atoms with Gasteiger partial charge in [-0.25, -0.2) is 4.79 Å². The van der Waals surface area contributed by atoms with Gasteiger partial charge in [-0.15, -0.1) is 0 Å². The van der Waals surface area contributed by atoms with Crippen molar-refractivity contribution >= 4 is 18.0 Å². The molecule has 1 heterocycles. The summed E-state index contributed by atoms with van der Waals surface area (Å²) < 4.78 is 5.31. The Morgan fingerprint density at radius 1 is 1.21 bits per heavy atom. The minimum Gasteiger partial charge on any atom is -0.444 e. The Morgan fingerprint density at radius 3 is 2.59 bits per heavy atom. The number of hydrogen-bond donors (Lipinski definition) is 3. The number of benzene rings is 1. The first-order valence-corrected chi connectivity index (χ1v) is 10.0. The average molecular weight is 404 g/mol. The Labute approximate surface area is 173 Å². The maximum Gasteiger partial charge on any atom is 0.407 e. The van der Waals surface area contributed by atoms with Crippen LogP contribution in [0.15, 0.2) is 35.3 Å². The fourth-order valence-electron chi connectivity index (χ4n) is 3.05. The molecule has 1 atom stereocenters. The normalized spacial score (nSPS) is 17.0. The van der Waals surface area contributed by atoms with E-state index in [4.69, 9.17) is 4.74 Å². The molecule has 0 aromatic heterocycles. The fourth-order valence-corrected chi connectivity index (χ4v) is 3.05. The lowest BCUT2D eigenvalue weighted by atomic mass is 10.2. The summed E-state index contributed by atoms with van der Waals surface area (Å²) in [7, 11) is 1.71. The minimum absolute atomic E-state index is 0.0114. The zero-order valence-corrected chi connectivity index (χ0v) is 17.8. The van der Waals surface area contributed by atoms with Gasteiger partial charge in [0.15, 0.2) is 5.96 Å². The molecule has 1 aromatic carbocycles. The Morgan fingerprint density at radius 2 is 1.93 bits per heavy atom. The number of hydrogen-bond acceptors (Lipinski definition) is 4. The molecule has 8 heteroatoms. The van der Waals surface area contributed by atoms with Crippen LogP contribution in [0.4, 0.5) is 4.79 Å². The van der Waals surface area contributed by atoms with Crippen molar-refractivity contribution in [3.63, 3.8) is 0 Å². The average Bonchev–Trinajstić information content (AvgIpc) is 3.11. The van der Waals surface area contributed by atoms with Crippen LogP contribution in [0.2, 0.25) is 0 Å². The molecule has 1 aromatic rings. The van der Waals surface area contributed by atoms with Crippen LogP contribution >= 0.6 is 0 Å². The van der Waals surface area contributed by atoms with E-state index in [-0.39, 0.29) is 11.9 Å². The second-order valence-corrected chi connectivity index (χ2v) is 8.06. The molecule has 0 spiro atoms. The molecule has 160 valence electrons. The Kier molecular flexibility index (Phi) is 8.30. The second-order valence-electron chi connectivity index (χ2n) is 8.06. The number of nitrogens with one attached hydrogen (secondary N) is 3. The number of nitrogens with zero attached hydrogens (tertiary/aromatic N) is 2. The van der Waals surface area contributed by atoms with E-state index in [1.54, 1.807) is 7.05 Å². The van der Waals surface area contributed by atoms with Gasteiger partial charge in [-0.05, 0) is 32.8 Å². The summed E-state index contributed by atoms with van der Waals surface area (Å²) in [4.78, 5) is 30.3. The molecule has 2 amide bonds. The molecule has 0 radical (unpaired) electrons. The predicted octanol–water partition coefficient (Wildman–Crippen LogP) is 1.87. The highest BCUT2D eigenvalue weighted by Crippen LogP contribution is 2.12. The SMILES string of the molecule is CN=C(NCCC(=O)NCc1ccccc1)N1CCC(NC(=O)OC(C)(C)C)C1. The molecule has 1 fully saturated rings. The molecule has 1 unspecified atom stereocenters. The molecular weight excluding hydrogens is 370 g/mol. The van der Waals surface area contributed by atoms with Gasteiger partial charge in [0.25, 0.3) is 0 Å². The van der Waals surface area contributed by atoms with Crippen LogP contribution in [0.3, 0.4) is 0 Å². The highest BCUT2D eigenvalue weighted by molar-refractivity contribution is 5.81. The lowest BCUT2D eigenvalue weighted by molar-refractivity contribution is -0.121. The Balaban J connectivity index is 1.68. The topological polar surface area (TPSA) is 95.1 Å². The van der Waals surface area contributed by atoms with Crippen molar-refractivity contribution in [2.75, 3.05) is 26.7 Å². The van der Waals surface area contributed by atoms with E-state index in [0.717, 1.165) is 24.5 Å². The van der Waals surface area contributed by atoms with Gasteiger partial charge in [0, 0.05) is 39.6 Å². The summed E-state index contributed by atoms with van der Waals surface area (Å²) in [6.45, 7) is 7.98. The van der Waals surface area contributed by atoms with E-state index in [1.165, 1.54) is 0 Å². The summed E-state index contributed by atoms with van der Waals surface area (Å²) >= 11 is 0. The van der Waals surface area contributed by atoms with Crippen LogP contribution in [-0.2, 0) is 16.1 Å². The number of amides is 2. The van der Waals surface area contributed by atoms with Crippen LogP contribution in [0.5, 0.6) is 0 Å². The number of carbonyl (C=O) groups is 2. The second kappa shape index (κ2) is 10.7. The van der Waals surface area contributed by atoms with Gasteiger partial charge in [0.1, 0.15) is 5.60 Å². The van der Waals surface area contributed by atoms with E-state index < -0.39 is 11.7 Å². The lowest BCUT2D eigenvalue weighted by Gasteiger charge is -2.23. The first-order chi connectivity index (χ1) is 13.8. The van der Waals surface area contributed by atoms with E-state index in [1.807, 2.05) is 51.1 Å². The Hall–Kier alpha value is -2.77. The number of alkyl carbamates (subject to hydrolysis) is 1. The van der Waals surface area contributed by atoms with E-state index >= 15 is 0 Å². The third-order valence-corrected chi connectivity index (χ3v) is 4.39. The largest absolute Gasteiger partial charge is 0.444 e. The van der Waals surface area contributed by atoms with Gasteiger partial charge in [0.2, 0.25) is 5.91 Å². The van der Waals surface area contributed by atoms with Gasteiger partial charge in [0.05, 0.1) is 6.04 Å². The molecule has 0 bridgehead atoms. The number of aliphatic imine (C=N–C) groups is 1. The van der Waals surface area contributed by atoms with Crippen molar-refractivity contribution in [2.45, 2.75) is 51.8 Å². The quantitative estimate of drug-likeness (QED) is 0.498. The smallest absolute Gasteiger partial charge is 0.407 e. The highest BCUT2D eigenvalue weighted by atomic mass is 16.6. The molecule has 8 nitrogen and oxygen atoms in total. The first kappa shape index (κ1) is 22.5. The molecule has 3 N–H and O–H groups in total. The van der Waals surface area contributed by atoms with Crippen LogP contribution in [0.1, 0.15) is 39.2 Å². The number of carbonyl (C=O) groups excluding carboxylic acids is 2. The van der Waals surface area contributed by atoms with Crippen molar-refractivity contribution in [1.29, 1.82) is 0 Å². The van der Waals surface area contributed by atoms with E-state index in [9.17, 15) is 9.59 Å². The lowest BCUT2D eigenvalue weighted by Crippen LogP contribution is -2.44. The van der Waals surface area contributed by atoms with Crippen LogP contribution < -0.4 is 16.0 Å². The molecule has 1 aliphatic heterocycles. The molecule has 29 heavy (non-hydrogen) atoms. The van der Waals surface area contributed by atoms with Crippen LogP contribution in [0, 0.1) is 0 Å². The summed E-state index contributed by atoms with van der Waals surface area (Å²) in [5.41, 5.74) is 0.561. The van der Waals surface area contributed by atoms with Gasteiger partial charge in [-0.2, -0.15) is 0 Å². The van der Waals surface area contributed by atoms with Crippen LogP contribution in [-0.4, -0.2) is 61.2 Å². The number of ether oxygens (including phenoxy) is 1. The van der Waals surface area contributed by atoms with Gasteiger partial charge in [-0.3, -0.25) is 9.79 Å². The third-order valence-electron chi connectivity index (χ3n) is 4.39. The summed E-state index contributed by atoms with van der Waals surface area (Å²) in [6.07, 6.45) is 0.777. The molecule has 0 aliphatic carbocycles. The molecule has 2 rings (SSSR count). The van der Waals surface area contributed by atoms with Crippen molar-refractivity contribution < 1.29 is 14.3 Å². The van der Waals surface area contributed by atoms with E-state index in [2.05, 4.69) is 25.8 Å². The van der Waals surface area contributed by atoms with Crippen molar-refractivity contribution in [1.82, 2.24) is 20.9 Å². The number of likely N-dealkylation sites (tertiary alicyclic amines) is 1.